The van der Waals surface area contributed by atoms with E-state index in [1.54, 1.807) is 7.05 Å². The maximum Gasteiger partial charge on any atom is 0.238 e. The minimum absolute atomic E-state index is 0.00374. The minimum atomic E-state index is -3.06. The van der Waals surface area contributed by atoms with Gasteiger partial charge in [0.15, 0.2) is 9.84 Å². The number of benzene rings is 1. The van der Waals surface area contributed by atoms with Crippen molar-refractivity contribution in [3.8, 4) is 0 Å². The highest BCUT2D eigenvalue weighted by molar-refractivity contribution is 7.91. The standard InChI is InChI=1S/C18H24N2O4S/c1-13-4-3-5-14(10-13)11-19-16(21)18(7-8-18)17(22)20(2)15-6-9-25(23,24)12-15/h3-5,10,15H,6-9,11-12H2,1-2H3,(H,19,21). The fraction of sp³-hybridized carbons (Fsp3) is 0.556. The lowest BCUT2D eigenvalue weighted by molar-refractivity contribution is -0.144. The zero-order valence-corrected chi connectivity index (χ0v) is 15.4. The molecular weight excluding hydrogens is 340 g/mol. The predicted octanol–water partition coefficient (Wildman–Crippen LogP) is 1.04. The van der Waals surface area contributed by atoms with Crippen LogP contribution in [0.15, 0.2) is 24.3 Å². The number of nitrogens with zero attached hydrogens (tertiary/aromatic N) is 1. The molecule has 136 valence electrons. The summed E-state index contributed by atoms with van der Waals surface area (Å²) in [6.07, 6.45) is 1.50. The number of amides is 2. The van der Waals surface area contributed by atoms with Gasteiger partial charge >= 0.3 is 0 Å². The van der Waals surface area contributed by atoms with Gasteiger partial charge < -0.3 is 10.2 Å². The van der Waals surface area contributed by atoms with E-state index in [1.165, 1.54) is 4.90 Å². The van der Waals surface area contributed by atoms with Crippen LogP contribution in [0.25, 0.3) is 0 Å². The van der Waals surface area contributed by atoms with Crippen LogP contribution in [0.1, 0.15) is 30.4 Å². The van der Waals surface area contributed by atoms with E-state index in [4.69, 9.17) is 0 Å². The molecule has 2 aliphatic rings. The number of carbonyl (C=O) groups excluding carboxylic acids is 2. The second-order valence-corrected chi connectivity index (χ2v) is 9.46. The quantitative estimate of drug-likeness (QED) is 0.791. The summed E-state index contributed by atoms with van der Waals surface area (Å²) in [4.78, 5) is 26.9. The summed E-state index contributed by atoms with van der Waals surface area (Å²) in [7, 11) is -1.45. The van der Waals surface area contributed by atoms with Crippen LogP contribution in [0.5, 0.6) is 0 Å². The Morgan fingerprint density at radius 2 is 2.04 bits per heavy atom. The van der Waals surface area contributed by atoms with Crippen molar-refractivity contribution >= 4 is 21.7 Å². The Morgan fingerprint density at radius 3 is 2.60 bits per heavy atom. The van der Waals surface area contributed by atoms with Crippen molar-refractivity contribution in [3.05, 3.63) is 35.4 Å². The highest BCUT2D eigenvalue weighted by Gasteiger charge is 2.58. The number of hydrogen-bond acceptors (Lipinski definition) is 4. The van der Waals surface area contributed by atoms with Gasteiger partial charge in [-0.3, -0.25) is 9.59 Å². The predicted molar refractivity (Wildman–Crippen MR) is 94.5 cm³/mol. The second-order valence-electron chi connectivity index (χ2n) is 7.23. The van der Waals surface area contributed by atoms with Crippen LogP contribution < -0.4 is 5.32 Å². The van der Waals surface area contributed by atoms with Crippen molar-refractivity contribution < 1.29 is 18.0 Å². The van der Waals surface area contributed by atoms with Crippen LogP contribution in [0.3, 0.4) is 0 Å². The van der Waals surface area contributed by atoms with E-state index >= 15 is 0 Å². The normalized spacial score (nSPS) is 23.0. The SMILES string of the molecule is Cc1cccc(CNC(=O)C2(C(=O)N(C)C3CCS(=O)(=O)C3)CC2)c1. The monoisotopic (exact) mass is 364 g/mol. The van der Waals surface area contributed by atoms with Gasteiger partial charge in [0, 0.05) is 19.6 Å². The Bertz CT molecular complexity index is 799. The van der Waals surface area contributed by atoms with Gasteiger partial charge in [0.2, 0.25) is 11.8 Å². The molecule has 25 heavy (non-hydrogen) atoms. The molecule has 1 aliphatic carbocycles. The molecule has 3 rings (SSSR count). The first-order valence-electron chi connectivity index (χ1n) is 8.55. The molecule has 0 spiro atoms. The number of aryl methyl sites for hydroxylation is 1. The van der Waals surface area contributed by atoms with Crippen molar-refractivity contribution in [2.24, 2.45) is 5.41 Å². The van der Waals surface area contributed by atoms with E-state index in [9.17, 15) is 18.0 Å². The van der Waals surface area contributed by atoms with Gasteiger partial charge in [-0.2, -0.15) is 0 Å². The topological polar surface area (TPSA) is 83.6 Å². The Morgan fingerprint density at radius 1 is 1.32 bits per heavy atom. The smallest absolute Gasteiger partial charge is 0.238 e. The molecule has 1 N–H and O–H groups in total. The highest BCUT2D eigenvalue weighted by atomic mass is 32.2. The van der Waals surface area contributed by atoms with Crippen LogP contribution in [0, 0.1) is 12.3 Å². The summed E-state index contributed by atoms with van der Waals surface area (Å²) in [6, 6.07) is 7.53. The van der Waals surface area contributed by atoms with E-state index < -0.39 is 15.3 Å². The van der Waals surface area contributed by atoms with Crippen LogP contribution in [-0.2, 0) is 26.0 Å². The maximum absolute atomic E-state index is 12.8. The Hall–Kier alpha value is -1.89. The summed E-state index contributed by atoms with van der Waals surface area (Å²) in [5, 5.41) is 2.87. The third-order valence-corrected chi connectivity index (χ3v) is 6.96. The molecule has 7 heteroatoms. The summed E-state index contributed by atoms with van der Waals surface area (Å²) < 4.78 is 23.3. The molecule has 2 amide bonds. The zero-order valence-electron chi connectivity index (χ0n) is 14.6. The molecule has 1 saturated heterocycles. The number of hydrogen-bond donors (Lipinski definition) is 1. The fourth-order valence-corrected chi connectivity index (χ4v) is 5.20. The van der Waals surface area contributed by atoms with E-state index in [0.29, 0.717) is 25.8 Å². The van der Waals surface area contributed by atoms with Gasteiger partial charge in [-0.05, 0) is 31.7 Å². The van der Waals surface area contributed by atoms with Crippen LogP contribution >= 0.6 is 0 Å². The zero-order chi connectivity index (χ0) is 18.2. The Kier molecular flexibility index (Phi) is 4.62. The van der Waals surface area contributed by atoms with Crippen molar-refractivity contribution in [1.82, 2.24) is 10.2 Å². The molecule has 1 unspecified atom stereocenters. The molecule has 1 aromatic rings. The number of rotatable bonds is 5. The van der Waals surface area contributed by atoms with E-state index in [-0.39, 0.29) is 29.4 Å². The van der Waals surface area contributed by atoms with Gasteiger partial charge in [-0.15, -0.1) is 0 Å². The largest absolute Gasteiger partial charge is 0.351 e. The molecule has 1 heterocycles. The van der Waals surface area contributed by atoms with Crippen molar-refractivity contribution in [3.63, 3.8) is 0 Å². The first-order valence-corrected chi connectivity index (χ1v) is 10.4. The molecular formula is C18H24N2O4S. The number of sulfone groups is 1. The number of carbonyl (C=O) groups is 2. The Labute approximate surface area is 148 Å². The van der Waals surface area contributed by atoms with Gasteiger partial charge in [0.05, 0.1) is 11.5 Å². The van der Waals surface area contributed by atoms with Gasteiger partial charge in [-0.25, -0.2) is 8.42 Å². The molecule has 6 nitrogen and oxygen atoms in total. The molecule has 0 radical (unpaired) electrons. The Balaban J connectivity index is 1.62. The van der Waals surface area contributed by atoms with E-state index in [1.807, 2.05) is 31.2 Å². The molecule has 1 saturated carbocycles. The summed E-state index contributed by atoms with van der Waals surface area (Å²) in [5.41, 5.74) is 1.10. The van der Waals surface area contributed by atoms with Crippen LogP contribution in [0.2, 0.25) is 0 Å². The summed E-state index contributed by atoms with van der Waals surface area (Å²) in [5.74, 6) is -0.402. The van der Waals surface area contributed by atoms with Gasteiger partial charge in [0.1, 0.15) is 5.41 Å². The van der Waals surface area contributed by atoms with E-state index in [0.717, 1.165) is 11.1 Å². The third kappa shape index (κ3) is 3.71. The maximum atomic E-state index is 12.8. The average molecular weight is 364 g/mol. The molecule has 0 bridgehead atoms. The average Bonchev–Trinajstić information content (AvgIpc) is 3.30. The lowest BCUT2D eigenvalue weighted by Gasteiger charge is -2.27. The van der Waals surface area contributed by atoms with Crippen molar-refractivity contribution in [2.75, 3.05) is 18.6 Å². The molecule has 1 aliphatic heterocycles. The summed E-state index contributed by atoms with van der Waals surface area (Å²) in [6.45, 7) is 2.37. The molecule has 1 aromatic carbocycles. The van der Waals surface area contributed by atoms with Gasteiger partial charge in [-0.1, -0.05) is 29.8 Å². The summed E-state index contributed by atoms with van der Waals surface area (Å²) >= 11 is 0. The molecule has 1 atom stereocenters. The fourth-order valence-electron chi connectivity index (χ4n) is 3.42. The van der Waals surface area contributed by atoms with Gasteiger partial charge in [0.25, 0.3) is 0 Å². The van der Waals surface area contributed by atoms with E-state index in [2.05, 4.69) is 5.32 Å². The lowest BCUT2D eigenvalue weighted by Crippen LogP contribution is -2.47. The van der Waals surface area contributed by atoms with Crippen molar-refractivity contribution in [2.45, 2.75) is 38.8 Å². The van der Waals surface area contributed by atoms with Crippen LogP contribution in [0.4, 0.5) is 0 Å². The highest BCUT2D eigenvalue weighted by Crippen LogP contribution is 2.48. The molecule has 0 aromatic heterocycles. The lowest BCUT2D eigenvalue weighted by atomic mass is 10.0. The first kappa shape index (κ1) is 17.9. The third-order valence-electron chi connectivity index (χ3n) is 5.21. The molecule has 2 fully saturated rings. The minimum Gasteiger partial charge on any atom is -0.351 e. The second kappa shape index (κ2) is 6.44. The first-order chi connectivity index (χ1) is 11.7. The van der Waals surface area contributed by atoms with Crippen molar-refractivity contribution in [1.29, 1.82) is 0 Å². The number of nitrogens with one attached hydrogen (secondary N) is 1. The van der Waals surface area contributed by atoms with Crippen LogP contribution in [-0.4, -0.2) is 49.7 Å².